The van der Waals surface area contributed by atoms with Gasteiger partial charge in [-0.3, -0.25) is 9.59 Å². The van der Waals surface area contributed by atoms with Crippen LogP contribution in [0.1, 0.15) is 24.2 Å². The van der Waals surface area contributed by atoms with Gasteiger partial charge in [0.2, 0.25) is 11.8 Å². The molecule has 24 heavy (non-hydrogen) atoms. The normalized spacial score (nSPS) is 17.3. The molecule has 0 bridgehead atoms. The fourth-order valence-corrected chi connectivity index (χ4v) is 3.21. The summed E-state index contributed by atoms with van der Waals surface area (Å²) in [6.07, 6.45) is 2.40. The maximum atomic E-state index is 12.4. The van der Waals surface area contributed by atoms with Gasteiger partial charge in [-0.15, -0.1) is 0 Å². The summed E-state index contributed by atoms with van der Waals surface area (Å²) >= 11 is 12.1. The quantitative estimate of drug-likeness (QED) is 0.881. The van der Waals surface area contributed by atoms with Crippen molar-refractivity contribution < 1.29 is 14.0 Å². The van der Waals surface area contributed by atoms with Crippen molar-refractivity contribution in [1.82, 2.24) is 10.2 Å². The van der Waals surface area contributed by atoms with Crippen LogP contribution < -0.4 is 5.32 Å². The molecule has 1 fully saturated rings. The molecular weight excluding hydrogens is 351 g/mol. The number of carbonyl (C=O) groups is 2. The van der Waals surface area contributed by atoms with E-state index in [1.807, 2.05) is 0 Å². The topological polar surface area (TPSA) is 62.6 Å². The van der Waals surface area contributed by atoms with E-state index < -0.39 is 6.04 Å². The fourth-order valence-electron chi connectivity index (χ4n) is 2.74. The molecule has 1 atom stereocenters. The van der Waals surface area contributed by atoms with Crippen LogP contribution in [0.2, 0.25) is 10.0 Å². The molecule has 1 aromatic carbocycles. The minimum Gasteiger partial charge on any atom is -0.467 e. The molecule has 1 N–H and O–H groups in total. The standard InChI is InChI=1S/C17H16Cl2N2O3/c18-12-4-3-11(14(19)8-12)10-21-15(5-6-16(21)22)17(23)20-9-13-2-1-7-24-13/h1-4,7-8,15H,5-6,9-10H2,(H,20,23)/t15-/m0/s1. The Balaban J connectivity index is 1.68. The molecule has 1 saturated heterocycles. The third-order valence-electron chi connectivity index (χ3n) is 4.00. The smallest absolute Gasteiger partial charge is 0.243 e. The zero-order chi connectivity index (χ0) is 17.1. The van der Waals surface area contributed by atoms with Crippen LogP contribution in [0, 0.1) is 0 Å². The predicted octanol–water partition coefficient (Wildman–Crippen LogP) is 3.39. The molecule has 0 saturated carbocycles. The SMILES string of the molecule is O=C(NCc1ccco1)[C@@H]1CCC(=O)N1Cc1ccc(Cl)cc1Cl. The van der Waals surface area contributed by atoms with Gasteiger partial charge in [-0.25, -0.2) is 0 Å². The van der Waals surface area contributed by atoms with Crippen molar-refractivity contribution in [3.63, 3.8) is 0 Å². The van der Waals surface area contributed by atoms with E-state index in [-0.39, 0.29) is 18.4 Å². The van der Waals surface area contributed by atoms with E-state index in [1.165, 1.54) is 0 Å². The Bertz CT molecular complexity index is 746. The molecule has 7 heteroatoms. The number of furan rings is 1. The predicted molar refractivity (Wildman–Crippen MR) is 90.6 cm³/mol. The minimum atomic E-state index is -0.501. The average Bonchev–Trinajstić information content (AvgIpc) is 3.18. The zero-order valence-corrected chi connectivity index (χ0v) is 14.3. The maximum absolute atomic E-state index is 12.4. The highest BCUT2D eigenvalue weighted by Gasteiger charge is 2.36. The minimum absolute atomic E-state index is 0.0563. The number of rotatable bonds is 5. The highest BCUT2D eigenvalue weighted by atomic mass is 35.5. The van der Waals surface area contributed by atoms with Crippen molar-refractivity contribution in [3.05, 3.63) is 58.0 Å². The Hall–Kier alpha value is -1.98. The summed E-state index contributed by atoms with van der Waals surface area (Å²) in [7, 11) is 0. The Morgan fingerprint density at radius 1 is 1.33 bits per heavy atom. The molecule has 0 unspecified atom stereocenters. The third-order valence-corrected chi connectivity index (χ3v) is 4.59. The van der Waals surface area contributed by atoms with Crippen molar-refractivity contribution in [2.45, 2.75) is 32.0 Å². The summed E-state index contributed by atoms with van der Waals surface area (Å²) in [5, 5.41) is 3.82. The Morgan fingerprint density at radius 3 is 2.88 bits per heavy atom. The Labute approximate surface area is 149 Å². The highest BCUT2D eigenvalue weighted by Crippen LogP contribution is 2.27. The lowest BCUT2D eigenvalue weighted by Crippen LogP contribution is -2.44. The van der Waals surface area contributed by atoms with Gasteiger partial charge in [0.25, 0.3) is 0 Å². The number of nitrogens with one attached hydrogen (secondary N) is 1. The van der Waals surface area contributed by atoms with Crippen LogP contribution in [0.15, 0.2) is 41.0 Å². The van der Waals surface area contributed by atoms with Gasteiger partial charge in [0.1, 0.15) is 11.8 Å². The monoisotopic (exact) mass is 366 g/mol. The molecule has 1 aromatic heterocycles. The summed E-state index contributed by atoms with van der Waals surface area (Å²) in [5.74, 6) is 0.418. The molecule has 0 aliphatic carbocycles. The maximum Gasteiger partial charge on any atom is 0.243 e. The number of hydrogen-bond donors (Lipinski definition) is 1. The van der Waals surface area contributed by atoms with Gasteiger partial charge in [-0.2, -0.15) is 0 Å². The van der Waals surface area contributed by atoms with Gasteiger partial charge in [0, 0.05) is 23.0 Å². The summed E-state index contributed by atoms with van der Waals surface area (Å²) in [5.41, 5.74) is 0.764. The van der Waals surface area contributed by atoms with E-state index in [4.69, 9.17) is 27.6 Å². The van der Waals surface area contributed by atoms with E-state index >= 15 is 0 Å². The molecule has 2 heterocycles. The lowest BCUT2D eigenvalue weighted by Gasteiger charge is -2.24. The van der Waals surface area contributed by atoms with Crippen LogP contribution in [0.4, 0.5) is 0 Å². The largest absolute Gasteiger partial charge is 0.467 e. The second-order valence-corrected chi connectivity index (χ2v) is 6.45. The first-order chi connectivity index (χ1) is 11.5. The first kappa shape index (κ1) is 16.9. The molecule has 126 valence electrons. The van der Waals surface area contributed by atoms with Crippen molar-refractivity contribution in [3.8, 4) is 0 Å². The molecule has 3 rings (SSSR count). The Morgan fingerprint density at radius 2 is 2.17 bits per heavy atom. The first-order valence-corrected chi connectivity index (χ1v) is 8.33. The second-order valence-electron chi connectivity index (χ2n) is 5.61. The van der Waals surface area contributed by atoms with Crippen LogP contribution in [0.25, 0.3) is 0 Å². The molecule has 2 amide bonds. The van der Waals surface area contributed by atoms with E-state index in [0.717, 1.165) is 5.56 Å². The zero-order valence-electron chi connectivity index (χ0n) is 12.8. The number of benzene rings is 1. The van der Waals surface area contributed by atoms with Gasteiger partial charge >= 0.3 is 0 Å². The fraction of sp³-hybridized carbons (Fsp3) is 0.294. The van der Waals surface area contributed by atoms with Crippen LogP contribution in [-0.2, 0) is 22.7 Å². The number of likely N-dealkylation sites (tertiary alicyclic amines) is 1. The third kappa shape index (κ3) is 3.74. The summed E-state index contributed by atoms with van der Waals surface area (Å²) in [4.78, 5) is 26.1. The van der Waals surface area contributed by atoms with Crippen molar-refractivity contribution in [2.75, 3.05) is 0 Å². The van der Waals surface area contributed by atoms with Gasteiger partial charge in [-0.05, 0) is 36.2 Å². The van der Waals surface area contributed by atoms with Crippen LogP contribution in [0.5, 0.6) is 0 Å². The highest BCUT2D eigenvalue weighted by molar-refractivity contribution is 6.35. The lowest BCUT2D eigenvalue weighted by molar-refractivity contribution is -0.135. The van der Waals surface area contributed by atoms with Gasteiger partial charge in [0.15, 0.2) is 0 Å². The number of carbonyl (C=O) groups excluding carboxylic acids is 2. The van der Waals surface area contributed by atoms with E-state index in [1.54, 1.807) is 41.5 Å². The van der Waals surface area contributed by atoms with Crippen LogP contribution in [0.3, 0.4) is 0 Å². The molecule has 5 nitrogen and oxygen atoms in total. The lowest BCUT2D eigenvalue weighted by atomic mass is 10.1. The van der Waals surface area contributed by atoms with E-state index in [0.29, 0.717) is 35.2 Å². The molecule has 1 aliphatic heterocycles. The van der Waals surface area contributed by atoms with E-state index in [9.17, 15) is 9.59 Å². The van der Waals surface area contributed by atoms with Crippen LogP contribution >= 0.6 is 23.2 Å². The van der Waals surface area contributed by atoms with Gasteiger partial charge < -0.3 is 14.6 Å². The summed E-state index contributed by atoms with van der Waals surface area (Å²) < 4.78 is 5.19. The van der Waals surface area contributed by atoms with Crippen molar-refractivity contribution >= 4 is 35.0 Å². The van der Waals surface area contributed by atoms with Crippen molar-refractivity contribution in [2.24, 2.45) is 0 Å². The first-order valence-electron chi connectivity index (χ1n) is 7.58. The van der Waals surface area contributed by atoms with Gasteiger partial charge in [0.05, 0.1) is 12.8 Å². The molecular formula is C17H16Cl2N2O3. The Kier molecular flexibility index (Phi) is 5.11. The number of hydrogen-bond acceptors (Lipinski definition) is 3. The van der Waals surface area contributed by atoms with E-state index in [2.05, 4.69) is 5.32 Å². The molecule has 0 radical (unpaired) electrons. The number of amides is 2. The number of halogens is 2. The second kappa shape index (κ2) is 7.28. The number of nitrogens with zero attached hydrogens (tertiary/aromatic N) is 1. The summed E-state index contributed by atoms with van der Waals surface area (Å²) in [6, 6.07) is 8.16. The van der Waals surface area contributed by atoms with Gasteiger partial charge in [-0.1, -0.05) is 29.3 Å². The van der Waals surface area contributed by atoms with Crippen LogP contribution in [-0.4, -0.2) is 22.8 Å². The summed E-state index contributed by atoms with van der Waals surface area (Å²) in [6.45, 7) is 0.583. The molecule has 1 aliphatic rings. The molecule has 2 aromatic rings. The van der Waals surface area contributed by atoms with Crippen molar-refractivity contribution in [1.29, 1.82) is 0 Å². The average molecular weight is 367 g/mol. The molecule has 0 spiro atoms.